The van der Waals surface area contributed by atoms with Gasteiger partial charge in [-0.2, -0.15) is 0 Å². The molecule has 4 aliphatic carbocycles. The summed E-state index contributed by atoms with van der Waals surface area (Å²) >= 11 is 0. The lowest BCUT2D eigenvalue weighted by Crippen LogP contribution is -2.64. The number of hydrogen-bond acceptors (Lipinski definition) is 9. The fourth-order valence-electron chi connectivity index (χ4n) is 8.78. The van der Waals surface area contributed by atoms with Gasteiger partial charge in [0.25, 0.3) is 0 Å². The maximum absolute atomic E-state index is 13.7. The van der Waals surface area contributed by atoms with Crippen LogP contribution in [0.1, 0.15) is 58.8 Å². The first-order chi connectivity index (χ1) is 16.5. The number of ether oxygens (including phenoxy) is 2. The molecule has 12 atom stereocenters. The van der Waals surface area contributed by atoms with Crippen molar-refractivity contribution in [2.75, 3.05) is 13.2 Å². The molecule has 35 heavy (non-hydrogen) atoms. The van der Waals surface area contributed by atoms with Crippen molar-refractivity contribution in [1.29, 1.82) is 0 Å². The molecular weight excluding hydrogens is 456 g/mol. The minimum Gasteiger partial charge on any atom is -0.432 e. The third kappa shape index (κ3) is 3.57. The molecule has 0 aromatic heterocycles. The van der Waals surface area contributed by atoms with Gasteiger partial charge in [0.1, 0.15) is 24.4 Å². The Morgan fingerprint density at radius 3 is 2.49 bits per heavy atom. The van der Waals surface area contributed by atoms with Gasteiger partial charge in [0, 0.05) is 5.41 Å². The van der Waals surface area contributed by atoms with Crippen LogP contribution in [0.5, 0.6) is 0 Å². The number of carbonyl (C=O) groups excluding carboxylic acids is 1. The van der Waals surface area contributed by atoms with Crippen molar-refractivity contribution in [3.63, 3.8) is 0 Å². The zero-order valence-electron chi connectivity index (χ0n) is 20.5. The van der Waals surface area contributed by atoms with Crippen LogP contribution < -0.4 is 0 Å². The van der Waals surface area contributed by atoms with Gasteiger partial charge in [0.15, 0.2) is 0 Å². The van der Waals surface area contributed by atoms with E-state index in [1.54, 1.807) is 0 Å². The highest BCUT2D eigenvalue weighted by Gasteiger charge is 2.67. The Kier molecular flexibility index (Phi) is 6.40. The first-order valence-electron chi connectivity index (χ1n) is 13.0. The summed E-state index contributed by atoms with van der Waals surface area (Å²) in [6.45, 7) is 3.52. The average molecular weight is 497 g/mol. The molecule has 3 saturated carbocycles. The van der Waals surface area contributed by atoms with Gasteiger partial charge in [-0.15, -0.1) is 0 Å². The Balaban J connectivity index is 1.42. The molecule has 4 fully saturated rings. The fraction of sp³-hybridized carbons (Fsp3) is 0.885. The van der Waals surface area contributed by atoms with E-state index in [1.165, 1.54) is 0 Å². The Bertz CT molecular complexity index is 875. The third-order valence-corrected chi connectivity index (χ3v) is 10.6. The van der Waals surface area contributed by atoms with Crippen molar-refractivity contribution < 1.29 is 44.9 Å². The first kappa shape index (κ1) is 25.6. The zero-order chi connectivity index (χ0) is 25.3. The van der Waals surface area contributed by atoms with E-state index in [1.807, 2.05) is 6.92 Å². The SMILES string of the molecule is CC1(C(=O)OC2OC(CO)C(O)C(O)C2O)CCCC2(C)C1CC(O)C13C=C(CO)C(CCC21)C3. The Morgan fingerprint density at radius 2 is 1.80 bits per heavy atom. The standard InChI is InChI=1S/C26H40O9/c1-24-6-3-7-25(2,23(33)35-22-21(32)20(31)19(30)15(12-28)34-22)17(24)8-18(29)26-9-13(4-5-16(24)26)14(10-26)11-27/h10,13,15-22,27-32H,3-9,11-12H2,1-2H3. The van der Waals surface area contributed by atoms with Crippen molar-refractivity contribution in [2.24, 2.45) is 34.0 Å². The summed E-state index contributed by atoms with van der Waals surface area (Å²) in [5.74, 6) is -0.219. The molecule has 1 spiro atoms. The second-order valence-electron chi connectivity index (χ2n) is 12.2. The van der Waals surface area contributed by atoms with Crippen LogP contribution >= 0.6 is 0 Å². The molecule has 5 rings (SSSR count). The molecule has 6 N–H and O–H groups in total. The van der Waals surface area contributed by atoms with Crippen LogP contribution in [0.25, 0.3) is 0 Å². The smallest absolute Gasteiger partial charge is 0.314 e. The lowest BCUT2D eigenvalue weighted by molar-refractivity contribution is -0.298. The van der Waals surface area contributed by atoms with E-state index < -0.39 is 54.8 Å². The maximum atomic E-state index is 13.7. The van der Waals surface area contributed by atoms with Crippen molar-refractivity contribution >= 4 is 5.97 Å². The van der Waals surface area contributed by atoms with Gasteiger partial charge in [0.2, 0.25) is 6.29 Å². The summed E-state index contributed by atoms with van der Waals surface area (Å²) in [6.07, 6.45) is -0.420. The lowest BCUT2D eigenvalue weighted by Gasteiger charge is -2.64. The molecule has 0 aromatic rings. The van der Waals surface area contributed by atoms with Crippen molar-refractivity contribution in [2.45, 2.75) is 95.6 Å². The molecule has 198 valence electrons. The highest BCUT2D eigenvalue weighted by molar-refractivity contribution is 5.77. The van der Waals surface area contributed by atoms with Crippen LogP contribution in [-0.4, -0.2) is 86.6 Å². The average Bonchev–Trinajstić information content (AvgIpc) is 3.12. The van der Waals surface area contributed by atoms with Crippen LogP contribution in [-0.2, 0) is 14.3 Å². The number of aliphatic hydroxyl groups is 6. The quantitative estimate of drug-likeness (QED) is 0.237. The second-order valence-corrected chi connectivity index (χ2v) is 12.2. The summed E-state index contributed by atoms with van der Waals surface area (Å²) in [6, 6.07) is 0. The van der Waals surface area contributed by atoms with Crippen molar-refractivity contribution in [1.82, 2.24) is 0 Å². The van der Waals surface area contributed by atoms with Gasteiger partial charge >= 0.3 is 5.97 Å². The van der Waals surface area contributed by atoms with E-state index in [-0.39, 0.29) is 29.3 Å². The number of carbonyl (C=O) groups is 1. The Labute approximate surface area is 205 Å². The predicted octanol–water partition coefficient (Wildman–Crippen LogP) is 0.242. The number of rotatable bonds is 4. The maximum Gasteiger partial charge on any atom is 0.314 e. The monoisotopic (exact) mass is 496 g/mol. The molecule has 0 amide bonds. The van der Waals surface area contributed by atoms with Crippen LogP contribution in [0.2, 0.25) is 0 Å². The van der Waals surface area contributed by atoms with Crippen LogP contribution in [0.15, 0.2) is 11.6 Å². The van der Waals surface area contributed by atoms with E-state index in [2.05, 4.69) is 13.0 Å². The molecular formula is C26H40O9. The van der Waals surface area contributed by atoms with E-state index in [0.717, 1.165) is 37.7 Å². The largest absolute Gasteiger partial charge is 0.432 e. The second kappa shape index (κ2) is 8.75. The molecule has 1 aliphatic heterocycles. The normalized spacial score (nSPS) is 53.4. The minimum absolute atomic E-state index is 0.0230. The van der Waals surface area contributed by atoms with Gasteiger partial charge in [-0.05, 0) is 74.2 Å². The van der Waals surface area contributed by atoms with Gasteiger partial charge in [-0.25, -0.2) is 0 Å². The summed E-state index contributed by atoms with van der Waals surface area (Å²) in [5, 5.41) is 61.4. The van der Waals surface area contributed by atoms with Gasteiger partial charge in [-0.3, -0.25) is 4.79 Å². The fourth-order valence-corrected chi connectivity index (χ4v) is 8.78. The summed E-state index contributed by atoms with van der Waals surface area (Å²) in [5.41, 5.74) is -0.485. The molecule has 1 saturated heterocycles. The lowest BCUT2D eigenvalue weighted by atomic mass is 9.40. The Morgan fingerprint density at radius 1 is 1.06 bits per heavy atom. The summed E-state index contributed by atoms with van der Waals surface area (Å²) in [4.78, 5) is 13.7. The molecule has 1 heterocycles. The van der Waals surface area contributed by atoms with E-state index in [4.69, 9.17) is 9.47 Å². The predicted molar refractivity (Wildman–Crippen MR) is 122 cm³/mol. The van der Waals surface area contributed by atoms with Gasteiger partial charge < -0.3 is 40.1 Å². The summed E-state index contributed by atoms with van der Waals surface area (Å²) in [7, 11) is 0. The Hall–Kier alpha value is -1.07. The molecule has 2 bridgehead atoms. The first-order valence-corrected chi connectivity index (χ1v) is 13.0. The van der Waals surface area contributed by atoms with Gasteiger partial charge in [0.05, 0.1) is 24.7 Å². The number of aliphatic hydroxyl groups excluding tert-OH is 6. The molecule has 9 nitrogen and oxygen atoms in total. The number of fused-ring (bicyclic) bond motifs is 3. The summed E-state index contributed by atoms with van der Waals surface area (Å²) < 4.78 is 11.1. The van der Waals surface area contributed by atoms with E-state index >= 15 is 0 Å². The number of hydrogen-bond donors (Lipinski definition) is 6. The van der Waals surface area contributed by atoms with Crippen LogP contribution in [0.3, 0.4) is 0 Å². The number of esters is 1. The minimum atomic E-state index is -1.65. The van der Waals surface area contributed by atoms with Crippen molar-refractivity contribution in [3.8, 4) is 0 Å². The van der Waals surface area contributed by atoms with Crippen molar-refractivity contribution in [3.05, 3.63) is 11.6 Å². The highest BCUT2D eigenvalue weighted by Crippen LogP contribution is 2.70. The topological polar surface area (TPSA) is 157 Å². The third-order valence-electron chi connectivity index (χ3n) is 10.6. The van der Waals surface area contributed by atoms with Gasteiger partial charge in [-0.1, -0.05) is 19.4 Å². The zero-order valence-corrected chi connectivity index (χ0v) is 20.5. The molecule has 0 aromatic carbocycles. The highest BCUT2D eigenvalue weighted by atomic mass is 16.7. The molecule has 9 heteroatoms. The van der Waals surface area contributed by atoms with Crippen LogP contribution in [0.4, 0.5) is 0 Å². The molecule has 5 aliphatic rings. The van der Waals surface area contributed by atoms with Crippen LogP contribution in [0, 0.1) is 34.0 Å². The van der Waals surface area contributed by atoms with E-state index in [9.17, 15) is 35.4 Å². The molecule has 12 unspecified atom stereocenters. The van der Waals surface area contributed by atoms with E-state index in [0.29, 0.717) is 18.8 Å². The molecule has 0 radical (unpaired) electrons.